The molecule has 0 amide bonds. The minimum Gasteiger partial charge on any atom is -0.371 e. The summed E-state index contributed by atoms with van der Waals surface area (Å²) in [7, 11) is 0. The highest BCUT2D eigenvalue weighted by molar-refractivity contribution is 4.82. The van der Waals surface area contributed by atoms with E-state index in [1.165, 1.54) is 12.8 Å². The zero-order chi connectivity index (χ0) is 12.9. The molecule has 0 aromatic heterocycles. The maximum Gasteiger partial charge on any atom is 0.0710 e. The van der Waals surface area contributed by atoms with Gasteiger partial charge in [0.25, 0.3) is 0 Å². The lowest BCUT2D eigenvalue weighted by Crippen LogP contribution is -2.37. The molecular weight excluding hydrogens is 212 g/mol. The Morgan fingerprint density at radius 3 is 2.59 bits per heavy atom. The summed E-state index contributed by atoms with van der Waals surface area (Å²) in [4.78, 5) is 2.52. The molecule has 3 heteroatoms. The maximum absolute atomic E-state index is 6.07. The quantitative estimate of drug-likeness (QED) is 0.744. The van der Waals surface area contributed by atoms with Crippen molar-refractivity contribution in [3.8, 4) is 0 Å². The number of hydrogen-bond donors (Lipinski definition) is 1. The predicted molar refractivity (Wildman–Crippen MR) is 73.1 cm³/mol. The standard InChI is InChI=1S/C14H30N2O/c1-12(2)10-16(9-5-8-15)11-13-6-7-14(3,4)17-13/h12-13H,5-11,15H2,1-4H3. The molecule has 2 N–H and O–H groups in total. The fraction of sp³-hybridized carbons (Fsp3) is 1.00. The van der Waals surface area contributed by atoms with E-state index in [0.29, 0.717) is 12.0 Å². The predicted octanol–water partition coefficient (Wildman–Crippen LogP) is 2.25. The number of ether oxygens (including phenoxy) is 1. The molecule has 1 fully saturated rings. The van der Waals surface area contributed by atoms with Crippen LogP contribution < -0.4 is 5.73 Å². The highest BCUT2D eigenvalue weighted by Crippen LogP contribution is 2.29. The van der Waals surface area contributed by atoms with Crippen molar-refractivity contribution in [3.05, 3.63) is 0 Å². The van der Waals surface area contributed by atoms with Crippen molar-refractivity contribution in [2.75, 3.05) is 26.2 Å². The van der Waals surface area contributed by atoms with E-state index in [9.17, 15) is 0 Å². The smallest absolute Gasteiger partial charge is 0.0710 e. The molecule has 0 spiro atoms. The SMILES string of the molecule is CC(C)CN(CCCN)CC1CCC(C)(C)O1. The second kappa shape index (κ2) is 6.72. The number of nitrogens with zero attached hydrogens (tertiary/aromatic N) is 1. The van der Waals surface area contributed by atoms with Gasteiger partial charge in [0.15, 0.2) is 0 Å². The maximum atomic E-state index is 6.07. The van der Waals surface area contributed by atoms with E-state index >= 15 is 0 Å². The Morgan fingerprint density at radius 1 is 1.41 bits per heavy atom. The Labute approximate surface area is 107 Å². The van der Waals surface area contributed by atoms with Gasteiger partial charge in [0, 0.05) is 13.1 Å². The van der Waals surface area contributed by atoms with Crippen LogP contribution in [0.25, 0.3) is 0 Å². The summed E-state index contributed by atoms with van der Waals surface area (Å²) < 4.78 is 6.07. The van der Waals surface area contributed by atoms with E-state index in [1.54, 1.807) is 0 Å². The first-order chi connectivity index (χ1) is 7.93. The lowest BCUT2D eigenvalue weighted by atomic mass is 10.1. The molecule has 0 radical (unpaired) electrons. The molecule has 102 valence electrons. The Balaban J connectivity index is 2.37. The highest BCUT2D eigenvalue weighted by atomic mass is 16.5. The average molecular weight is 242 g/mol. The van der Waals surface area contributed by atoms with E-state index in [2.05, 4.69) is 32.6 Å². The van der Waals surface area contributed by atoms with Crippen molar-refractivity contribution in [1.29, 1.82) is 0 Å². The summed E-state index contributed by atoms with van der Waals surface area (Å²) >= 11 is 0. The third kappa shape index (κ3) is 5.84. The Bertz CT molecular complexity index is 216. The molecule has 1 rings (SSSR count). The Morgan fingerprint density at radius 2 is 2.12 bits per heavy atom. The van der Waals surface area contributed by atoms with Gasteiger partial charge in [0.1, 0.15) is 0 Å². The molecule has 1 aliphatic heterocycles. The fourth-order valence-electron chi connectivity index (χ4n) is 2.58. The molecule has 17 heavy (non-hydrogen) atoms. The van der Waals surface area contributed by atoms with Crippen LogP contribution in [0.3, 0.4) is 0 Å². The Hall–Kier alpha value is -0.120. The highest BCUT2D eigenvalue weighted by Gasteiger charge is 2.32. The third-order valence-corrected chi connectivity index (χ3v) is 3.32. The minimum absolute atomic E-state index is 0.0854. The van der Waals surface area contributed by atoms with E-state index in [-0.39, 0.29) is 5.60 Å². The van der Waals surface area contributed by atoms with E-state index < -0.39 is 0 Å². The van der Waals surface area contributed by atoms with Crippen molar-refractivity contribution in [2.45, 2.75) is 58.7 Å². The summed E-state index contributed by atoms with van der Waals surface area (Å²) in [5, 5.41) is 0. The van der Waals surface area contributed by atoms with Crippen LogP contribution in [-0.2, 0) is 4.74 Å². The molecule has 1 saturated heterocycles. The van der Waals surface area contributed by atoms with Crippen molar-refractivity contribution in [2.24, 2.45) is 11.7 Å². The van der Waals surface area contributed by atoms with Crippen LogP contribution in [0.15, 0.2) is 0 Å². The van der Waals surface area contributed by atoms with E-state index in [1.807, 2.05) is 0 Å². The van der Waals surface area contributed by atoms with Gasteiger partial charge in [-0.1, -0.05) is 13.8 Å². The summed E-state index contributed by atoms with van der Waals surface area (Å²) in [5.41, 5.74) is 5.69. The van der Waals surface area contributed by atoms with Crippen LogP contribution >= 0.6 is 0 Å². The van der Waals surface area contributed by atoms with E-state index in [4.69, 9.17) is 10.5 Å². The first-order valence-electron chi connectivity index (χ1n) is 7.03. The van der Waals surface area contributed by atoms with Gasteiger partial charge in [-0.25, -0.2) is 0 Å². The van der Waals surface area contributed by atoms with Gasteiger partial charge >= 0.3 is 0 Å². The van der Waals surface area contributed by atoms with Crippen molar-refractivity contribution in [3.63, 3.8) is 0 Å². The summed E-state index contributed by atoms with van der Waals surface area (Å²) in [5.74, 6) is 0.710. The molecule has 0 aromatic carbocycles. The zero-order valence-electron chi connectivity index (χ0n) is 12.0. The molecule has 0 aliphatic carbocycles. The number of rotatable bonds is 7. The van der Waals surface area contributed by atoms with Crippen LogP contribution in [0.2, 0.25) is 0 Å². The zero-order valence-corrected chi connectivity index (χ0v) is 12.0. The van der Waals surface area contributed by atoms with Crippen molar-refractivity contribution < 1.29 is 4.74 Å². The minimum atomic E-state index is 0.0854. The summed E-state index contributed by atoms with van der Waals surface area (Å²) in [6.45, 7) is 13.0. The van der Waals surface area contributed by atoms with Gasteiger partial charge in [0.2, 0.25) is 0 Å². The molecule has 1 atom stereocenters. The van der Waals surface area contributed by atoms with Crippen LogP contribution in [-0.4, -0.2) is 42.8 Å². The second-order valence-electron chi connectivity index (χ2n) is 6.33. The van der Waals surface area contributed by atoms with Gasteiger partial charge in [-0.15, -0.1) is 0 Å². The molecule has 0 aromatic rings. The second-order valence-corrected chi connectivity index (χ2v) is 6.33. The van der Waals surface area contributed by atoms with Crippen molar-refractivity contribution in [1.82, 2.24) is 4.90 Å². The normalized spacial score (nSPS) is 23.8. The molecule has 1 aliphatic rings. The fourth-order valence-corrected chi connectivity index (χ4v) is 2.58. The summed E-state index contributed by atoms with van der Waals surface area (Å²) in [6.07, 6.45) is 3.89. The average Bonchev–Trinajstić information content (AvgIpc) is 2.53. The Kier molecular flexibility index (Phi) is 5.90. The largest absolute Gasteiger partial charge is 0.371 e. The van der Waals surface area contributed by atoms with Crippen LogP contribution in [0.1, 0.15) is 47.0 Å². The van der Waals surface area contributed by atoms with Crippen LogP contribution in [0, 0.1) is 5.92 Å². The molecule has 0 bridgehead atoms. The molecule has 0 saturated carbocycles. The molecule has 3 nitrogen and oxygen atoms in total. The topological polar surface area (TPSA) is 38.5 Å². The molecule has 1 unspecified atom stereocenters. The first-order valence-corrected chi connectivity index (χ1v) is 7.03. The monoisotopic (exact) mass is 242 g/mol. The van der Waals surface area contributed by atoms with Gasteiger partial charge in [-0.2, -0.15) is 0 Å². The summed E-state index contributed by atoms with van der Waals surface area (Å²) in [6, 6.07) is 0. The molecule has 1 heterocycles. The van der Waals surface area contributed by atoms with Crippen LogP contribution in [0.4, 0.5) is 0 Å². The van der Waals surface area contributed by atoms with E-state index in [0.717, 1.165) is 32.6 Å². The van der Waals surface area contributed by atoms with Gasteiger partial charge in [-0.05, 0) is 52.1 Å². The van der Waals surface area contributed by atoms with Crippen LogP contribution in [0.5, 0.6) is 0 Å². The van der Waals surface area contributed by atoms with Gasteiger partial charge in [-0.3, -0.25) is 0 Å². The third-order valence-electron chi connectivity index (χ3n) is 3.32. The van der Waals surface area contributed by atoms with Crippen molar-refractivity contribution >= 4 is 0 Å². The first kappa shape index (κ1) is 14.9. The molecular formula is C14H30N2O. The van der Waals surface area contributed by atoms with Gasteiger partial charge < -0.3 is 15.4 Å². The number of nitrogens with two attached hydrogens (primary N) is 1. The lowest BCUT2D eigenvalue weighted by Gasteiger charge is -2.28. The number of hydrogen-bond acceptors (Lipinski definition) is 3. The van der Waals surface area contributed by atoms with Gasteiger partial charge in [0.05, 0.1) is 11.7 Å². The lowest BCUT2D eigenvalue weighted by molar-refractivity contribution is -0.0297.